The normalized spacial score (nSPS) is 21.2. The maximum Gasteiger partial charge on any atom is 0.124 e. The number of hydrazine groups is 1. The van der Waals surface area contributed by atoms with Crippen LogP contribution in [0.2, 0.25) is 0 Å². The fourth-order valence-corrected chi connectivity index (χ4v) is 2.91. The highest BCUT2D eigenvalue weighted by molar-refractivity contribution is 9.10. The Morgan fingerprint density at radius 1 is 1.50 bits per heavy atom. The second kappa shape index (κ2) is 6.61. The van der Waals surface area contributed by atoms with Gasteiger partial charge in [0.05, 0.1) is 0 Å². The molecule has 18 heavy (non-hydrogen) atoms. The van der Waals surface area contributed by atoms with Crippen molar-refractivity contribution >= 4 is 15.9 Å². The van der Waals surface area contributed by atoms with E-state index in [-0.39, 0.29) is 11.9 Å². The minimum absolute atomic E-state index is 0.158. The van der Waals surface area contributed by atoms with Gasteiger partial charge in [-0.3, -0.25) is 11.3 Å². The Labute approximate surface area is 115 Å². The van der Waals surface area contributed by atoms with Gasteiger partial charge in [-0.15, -0.1) is 0 Å². The summed E-state index contributed by atoms with van der Waals surface area (Å²) in [6.45, 7) is 1.65. The Kier molecular flexibility index (Phi) is 5.12. The molecule has 0 spiro atoms. The molecule has 1 saturated heterocycles. The van der Waals surface area contributed by atoms with E-state index in [1.54, 1.807) is 6.07 Å². The summed E-state index contributed by atoms with van der Waals surface area (Å²) in [7, 11) is 0. The highest BCUT2D eigenvalue weighted by atomic mass is 79.9. The molecule has 1 aromatic rings. The van der Waals surface area contributed by atoms with Gasteiger partial charge in [-0.25, -0.2) is 4.39 Å². The average molecular weight is 317 g/mol. The lowest BCUT2D eigenvalue weighted by Gasteiger charge is -2.19. The molecule has 3 N–H and O–H groups in total. The second-order valence-electron chi connectivity index (χ2n) is 4.81. The molecule has 3 nitrogen and oxygen atoms in total. The minimum Gasteiger partial charge on any atom is -0.381 e. The van der Waals surface area contributed by atoms with Gasteiger partial charge in [0.15, 0.2) is 0 Å². The van der Waals surface area contributed by atoms with Gasteiger partial charge >= 0.3 is 0 Å². The molecular weight excluding hydrogens is 299 g/mol. The van der Waals surface area contributed by atoms with Crippen molar-refractivity contribution in [1.29, 1.82) is 0 Å². The number of hydrogen-bond acceptors (Lipinski definition) is 3. The Balaban J connectivity index is 1.95. The van der Waals surface area contributed by atoms with Crippen molar-refractivity contribution in [3.05, 3.63) is 34.1 Å². The summed E-state index contributed by atoms with van der Waals surface area (Å²) in [4.78, 5) is 0. The van der Waals surface area contributed by atoms with E-state index in [0.717, 1.165) is 42.5 Å². The van der Waals surface area contributed by atoms with Crippen molar-refractivity contribution in [2.75, 3.05) is 13.2 Å². The first kappa shape index (κ1) is 13.9. The molecule has 5 heteroatoms. The van der Waals surface area contributed by atoms with Gasteiger partial charge in [0.1, 0.15) is 5.82 Å². The van der Waals surface area contributed by atoms with E-state index < -0.39 is 0 Å². The molecule has 1 aliphatic rings. The van der Waals surface area contributed by atoms with E-state index in [1.165, 1.54) is 6.07 Å². The molecule has 0 bridgehead atoms. The molecule has 0 saturated carbocycles. The van der Waals surface area contributed by atoms with Crippen molar-refractivity contribution in [3.8, 4) is 0 Å². The highest BCUT2D eigenvalue weighted by Gasteiger charge is 2.20. The van der Waals surface area contributed by atoms with Crippen LogP contribution in [0, 0.1) is 11.7 Å². The summed E-state index contributed by atoms with van der Waals surface area (Å²) in [6.07, 6.45) is 2.78. The number of ether oxygens (including phenoxy) is 1. The molecule has 2 atom stereocenters. The van der Waals surface area contributed by atoms with Crippen LogP contribution in [0.4, 0.5) is 4.39 Å². The van der Waals surface area contributed by atoms with Crippen LogP contribution in [-0.2, 0) is 11.2 Å². The molecule has 0 amide bonds. The molecule has 2 unspecified atom stereocenters. The lowest BCUT2D eigenvalue weighted by Crippen LogP contribution is -2.38. The van der Waals surface area contributed by atoms with Crippen molar-refractivity contribution in [1.82, 2.24) is 5.43 Å². The van der Waals surface area contributed by atoms with E-state index >= 15 is 0 Å². The fraction of sp³-hybridized carbons (Fsp3) is 0.538. The zero-order valence-electron chi connectivity index (χ0n) is 10.2. The van der Waals surface area contributed by atoms with E-state index in [1.807, 2.05) is 6.07 Å². The van der Waals surface area contributed by atoms with Crippen LogP contribution in [0.15, 0.2) is 22.7 Å². The van der Waals surface area contributed by atoms with Crippen LogP contribution < -0.4 is 11.3 Å². The molecule has 0 radical (unpaired) electrons. The van der Waals surface area contributed by atoms with Crippen LogP contribution in [-0.4, -0.2) is 19.3 Å². The molecular formula is C13H18BrFN2O. The van der Waals surface area contributed by atoms with Crippen LogP contribution in [0.3, 0.4) is 0 Å². The van der Waals surface area contributed by atoms with E-state index in [2.05, 4.69) is 21.4 Å². The summed E-state index contributed by atoms with van der Waals surface area (Å²) in [5.74, 6) is 5.91. The van der Waals surface area contributed by atoms with Gasteiger partial charge in [-0.2, -0.15) is 0 Å². The molecule has 0 aromatic heterocycles. The number of hydrogen-bond donors (Lipinski definition) is 2. The third kappa shape index (κ3) is 4.02. The third-order valence-electron chi connectivity index (χ3n) is 3.28. The topological polar surface area (TPSA) is 47.3 Å². The zero-order valence-corrected chi connectivity index (χ0v) is 11.7. The standard InChI is InChI=1S/C13H18BrFN2O/c14-11-3-10(4-12(15)7-11)6-13(17-16)5-9-1-2-18-8-9/h3-4,7,9,13,17H,1-2,5-6,8,16H2. The molecule has 1 fully saturated rings. The first-order chi connectivity index (χ1) is 8.67. The molecule has 2 rings (SSSR count). The van der Waals surface area contributed by atoms with Gasteiger partial charge in [0.25, 0.3) is 0 Å². The number of rotatable bonds is 5. The van der Waals surface area contributed by atoms with Crippen LogP contribution >= 0.6 is 15.9 Å². The van der Waals surface area contributed by atoms with Crippen molar-refractivity contribution in [2.24, 2.45) is 11.8 Å². The monoisotopic (exact) mass is 316 g/mol. The summed E-state index contributed by atoms with van der Waals surface area (Å²) >= 11 is 3.30. The predicted molar refractivity (Wildman–Crippen MR) is 72.5 cm³/mol. The molecule has 0 aliphatic carbocycles. The lowest BCUT2D eigenvalue weighted by molar-refractivity contribution is 0.181. The Morgan fingerprint density at radius 3 is 2.94 bits per heavy atom. The van der Waals surface area contributed by atoms with Crippen molar-refractivity contribution in [3.63, 3.8) is 0 Å². The Morgan fingerprint density at radius 2 is 2.33 bits per heavy atom. The van der Waals surface area contributed by atoms with Gasteiger partial charge < -0.3 is 4.74 Å². The lowest BCUT2D eigenvalue weighted by atomic mass is 9.95. The van der Waals surface area contributed by atoms with Gasteiger partial charge in [0, 0.05) is 23.7 Å². The van der Waals surface area contributed by atoms with Crippen molar-refractivity contribution < 1.29 is 9.13 Å². The number of halogens is 2. The number of nitrogens with two attached hydrogens (primary N) is 1. The van der Waals surface area contributed by atoms with Crippen molar-refractivity contribution in [2.45, 2.75) is 25.3 Å². The maximum absolute atomic E-state index is 13.3. The second-order valence-corrected chi connectivity index (χ2v) is 5.73. The first-order valence-electron chi connectivity index (χ1n) is 6.16. The summed E-state index contributed by atoms with van der Waals surface area (Å²) < 4.78 is 19.4. The smallest absolute Gasteiger partial charge is 0.124 e. The predicted octanol–water partition coefficient (Wildman–Crippen LogP) is 2.39. The molecule has 100 valence electrons. The quantitative estimate of drug-likeness (QED) is 0.647. The van der Waals surface area contributed by atoms with E-state index in [0.29, 0.717) is 5.92 Å². The van der Waals surface area contributed by atoms with Gasteiger partial charge in [-0.1, -0.05) is 15.9 Å². The maximum atomic E-state index is 13.3. The molecule has 1 aromatic carbocycles. The van der Waals surface area contributed by atoms with Gasteiger partial charge in [-0.05, 0) is 48.9 Å². The first-order valence-corrected chi connectivity index (χ1v) is 6.95. The third-order valence-corrected chi connectivity index (χ3v) is 3.74. The summed E-state index contributed by atoms with van der Waals surface area (Å²) in [5.41, 5.74) is 3.77. The van der Waals surface area contributed by atoms with E-state index in [4.69, 9.17) is 10.6 Å². The van der Waals surface area contributed by atoms with E-state index in [9.17, 15) is 4.39 Å². The minimum atomic E-state index is -0.223. The zero-order chi connectivity index (χ0) is 13.0. The van der Waals surface area contributed by atoms with Gasteiger partial charge in [0.2, 0.25) is 0 Å². The number of nitrogens with one attached hydrogen (secondary N) is 1. The molecule has 1 heterocycles. The SMILES string of the molecule is NNC(Cc1cc(F)cc(Br)c1)CC1CCOC1. The summed E-state index contributed by atoms with van der Waals surface area (Å²) in [6, 6.07) is 5.10. The number of benzene rings is 1. The van der Waals surface area contributed by atoms with Crippen LogP contribution in [0.1, 0.15) is 18.4 Å². The highest BCUT2D eigenvalue weighted by Crippen LogP contribution is 2.21. The van der Waals surface area contributed by atoms with Crippen LogP contribution in [0.5, 0.6) is 0 Å². The molecule has 1 aliphatic heterocycles. The summed E-state index contributed by atoms with van der Waals surface area (Å²) in [5, 5.41) is 0. The fourth-order valence-electron chi connectivity index (χ4n) is 2.40. The Bertz CT molecular complexity index is 376. The average Bonchev–Trinajstić information content (AvgIpc) is 2.79. The Hall–Kier alpha value is -0.490. The van der Waals surface area contributed by atoms with Crippen LogP contribution in [0.25, 0.3) is 0 Å². The largest absolute Gasteiger partial charge is 0.381 e.